The lowest BCUT2D eigenvalue weighted by Gasteiger charge is -2.21. The molecule has 1 N–H and O–H groups in total. The number of rotatable bonds is 6. The van der Waals surface area contributed by atoms with Crippen molar-refractivity contribution in [2.24, 2.45) is 0 Å². The van der Waals surface area contributed by atoms with Gasteiger partial charge in [0.25, 0.3) is 0 Å². The van der Waals surface area contributed by atoms with Crippen LogP contribution < -0.4 is 10.2 Å². The molecule has 20 heavy (non-hydrogen) atoms. The van der Waals surface area contributed by atoms with Gasteiger partial charge in [-0.3, -0.25) is 0 Å². The molecule has 0 atom stereocenters. The molecule has 0 unspecified atom stereocenters. The van der Waals surface area contributed by atoms with E-state index in [1.165, 1.54) is 16.8 Å². The van der Waals surface area contributed by atoms with Crippen LogP contribution in [0.1, 0.15) is 18.1 Å². The van der Waals surface area contributed by atoms with E-state index in [0.29, 0.717) is 0 Å². The fourth-order valence-electron chi connectivity index (χ4n) is 2.18. The van der Waals surface area contributed by atoms with Crippen molar-refractivity contribution in [2.75, 3.05) is 18.5 Å². The first-order valence-electron chi connectivity index (χ1n) is 6.95. The number of nitrogens with one attached hydrogen (secondary N) is 1. The molecule has 0 fully saturated rings. The van der Waals surface area contributed by atoms with Crippen molar-refractivity contribution < 1.29 is 0 Å². The van der Waals surface area contributed by atoms with Crippen LogP contribution in [0.2, 0.25) is 0 Å². The van der Waals surface area contributed by atoms with Crippen LogP contribution in [-0.2, 0) is 13.1 Å². The van der Waals surface area contributed by atoms with Gasteiger partial charge in [-0.1, -0.05) is 43.3 Å². The van der Waals surface area contributed by atoms with Crippen LogP contribution in [0.25, 0.3) is 0 Å². The molecule has 2 aromatic carbocycles. The zero-order valence-electron chi connectivity index (χ0n) is 12.1. The Balaban J connectivity index is 2.08. The molecule has 2 nitrogen and oxygen atoms in total. The molecule has 2 aromatic rings. The Morgan fingerprint density at radius 1 is 1.05 bits per heavy atom. The highest BCUT2D eigenvalue weighted by Gasteiger charge is 2.07. The Kier molecular flexibility index (Phi) is 5.62. The number of halogens is 1. The Bertz CT molecular complexity index is 540. The molecule has 2 rings (SSSR count). The normalized spacial score (nSPS) is 10.6. The summed E-state index contributed by atoms with van der Waals surface area (Å²) in [5.74, 6) is 0. The van der Waals surface area contributed by atoms with Crippen LogP contribution >= 0.6 is 15.9 Å². The third-order valence-electron chi connectivity index (χ3n) is 3.27. The van der Waals surface area contributed by atoms with Crippen molar-refractivity contribution in [2.45, 2.75) is 20.0 Å². The van der Waals surface area contributed by atoms with Crippen molar-refractivity contribution in [1.82, 2.24) is 5.32 Å². The number of hydrogen-bond acceptors (Lipinski definition) is 2. The zero-order valence-corrected chi connectivity index (χ0v) is 13.7. The third kappa shape index (κ3) is 4.09. The fraction of sp³-hybridized carbons (Fsp3) is 0.294. The number of nitrogens with zero attached hydrogens (tertiary/aromatic N) is 1. The highest BCUT2D eigenvalue weighted by Crippen LogP contribution is 2.27. The fourth-order valence-corrected chi connectivity index (χ4v) is 2.91. The predicted octanol–water partition coefficient (Wildman–Crippen LogP) is 4.20. The third-order valence-corrected chi connectivity index (χ3v) is 3.90. The van der Waals surface area contributed by atoms with Gasteiger partial charge in [0.15, 0.2) is 0 Å². The van der Waals surface area contributed by atoms with Crippen LogP contribution in [-0.4, -0.2) is 13.6 Å². The van der Waals surface area contributed by atoms with Gasteiger partial charge in [-0.05, 0) is 45.7 Å². The van der Waals surface area contributed by atoms with Gasteiger partial charge in [-0.25, -0.2) is 0 Å². The minimum atomic E-state index is 0.909. The number of hydrogen-bond donors (Lipinski definition) is 1. The molecule has 3 heteroatoms. The molecule has 0 radical (unpaired) electrons. The van der Waals surface area contributed by atoms with Crippen molar-refractivity contribution in [3.63, 3.8) is 0 Å². The molecular formula is C17H21BrN2. The average molecular weight is 333 g/mol. The zero-order chi connectivity index (χ0) is 14.4. The molecule has 106 valence electrons. The van der Waals surface area contributed by atoms with Gasteiger partial charge < -0.3 is 10.2 Å². The van der Waals surface area contributed by atoms with Crippen LogP contribution in [0.15, 0.2) is 53.0 Å². The molecule has 0 saturated carbocycles. The van der Waals surface area contributed by atoms with Gasteiger partial charge in [-0.2, -0.15) is 0 Å². The first-order chi connectivity index (χ1) is 9.70. The molecule has 0 aliphatic carbocycles. The average Bonchev–Trinajstić information content (AvgIpc) is 2.46. The minimum absolute atomic E-state index is 0.909. The second-order valence-electron chi connectivity index (χ2n) is 4.91. The number of anilines is 1. The molecule has 0 heterocycles. The van der Waals surface area contributed by atoms with Crippen LogP contribution in [0.5, 0.6) is 0 Å². The summed E-state index contributed by atoms with van der Waals surface area (Å²) in [7, 11) is 2.12. The summed E-state index contributed by atoms with van der Waals surface area (Å²) in [6.45, 7) is 4.94. The van der Waals surface area contributed by atoms with Gasteiger partial charge in [0.1, 0.15) is 0 Å². The van der Waals surface area contributed by atoms with Gasteiger partial charge in [0, 0.05) is 24.6 Å². The molecule has 0 aromatic heterocycles. The maximum absolute atomic E-state index is 3.68. The summed E-state index contributed by atoms with van der Waals surface area (Å²) in [6, 6.07) is 17.1. The molecule has 0 amide bonds. The summed E-state index contributed by atoms with van der Waals surface area (Å²) >= 11 is 3.68. The highest BCUT2D eigenvalue weighted by molar-refractivity contribution is 9.10. The maximum Gasteiger partial charge on any atom is 0.0511 e. The second kappa shape index (κ2) is 7.46. The van der Waals surface area contributed by atoms with Gasteiger partial charge in [0.2, 0.25) is 0 Å². The van der Waals surface area contributed by atoms with Gasteiger partial charge in [-0.15, -0.1) is 0 Å². The first kappa shape index (κ1) is 15.1. The Labute approximate surface area is 129 Å². The lowest BCUT2D eigenvalue weighted by molar-refractivity contribution is 0.726. The summed E-state index contributed by atoms with van der Waals surface area (Å²) in [6.07, 6.45) is 0. The van der Waals surface area contributed by atoms with Crippen LogP contribution in [0, 0.1) is 0 Å². The van der Waals surface area contributed by atoms with E-state index in [9.17, 15) is 0 Å². The summed E-state index contributed by atoms with van der Waals surface area (Å²) in [5.41, 5.74) is 3.84. The molecule has 0 saturated heterocycles. The molecule has 0 aliphatic heterocycles. The van der Waals surface area contributed by atoms with Gasteiger partial charge >= 0.3 is 0 Å². The molecular weight excluding hydrogens is 312 g/mol. The molecule has 0 spiro atoms. The predicted molar refractivity (Wildman–Crippen MR) is 90.1 cm³/mol. The monoisotopic (exact) mass is 332 g/mol. The van der Waals surface area contributed by atoms with E-state index in [-0.39, 0.29) is 0 Å². The topological polar surface area (TPSA) is 15.3 Å². The van der Waals surface area contributed by atoms with E-state index >= 15 is 0 Å². The van der Waals surface area contributed by atoms with Crippen molar-refractivity contribution in [3.8, 4) is 0 Å². The lowest BCUT2D eigenvalue weighted by atomic mass is 10.1. The van der Waals surface area contributed by atoms with Gasteiger partial charge in [0.05, 0.1) is 5.69 Å². The van der Waals surface area contributed by atoms with Crippen molar-refractivity contribution >= 4 is 21.6 Å². The maximum atomic E-state index is 3.68. The lowest BCUT2D eigenvalue weighted by Crippen LogP contribution is -2.17. The largest absolute Gasteiger partial charge is 0.369 e. The van der Waals surface area contributed by atoms with E-state index in [1.807, 2.05) is 0 Å². The van der Waals surface area contributed by atoms with E-state index in [0.717, 1.165) is 24.1 Å². The Morgan fingerprint density at radius 3 is 2.45 bits per heavy atom. The SMILES string of the molecule is CCNCc1ccc(N(C)Cc2ccccc2)c(Br)c1. The van der Waals surface area contributed by atoms with E-state index in [4.69, 9.17) is 0 Å². The van der Waals surface area contributed by atoms with Crippen molar-refractivity contribution in [1.29, 1.82) is 0 Å². The summed E-state index contributed by atoms with van der Waals surface area (Å²) in [5, 5.41) is 3.35. The second-order valence-corrected chi connectivity index (χ2v) is 5.76. The quantitative estimate of drug-likeness (QED) is 0.852. The van der Waals surface area contributed by atoms with E-state index in [2.05, 4.69) is 88.6 Å². The summed E-state index contributed by atoms with van der Waals surface area (Å²) < 4.78 is 1.14. The first-order valence-corrected chi connectivity index (χ1v) is 7.74. The van der Waals surface area contributed by atoms with E-state index < -0.39 is 0 Å². The minimum Gasteiger partial charge on any atom is -0.369 e. The smallest absolute Gasteiger partial charge is 0.0511 e. The number of benzene rings is 2. The Hall–Kier alpha value is -1.32. The van der Waals surface area contributed by atoms with Crippen LogP contribution in [0.3, 0.4) is 0 Å². The highest BCUT2D eigenvalue weighted by atomic mass is 79.9. The Morgan fingerprint density at radius 2 is 1.80 bits per heavy atom. The molecule has 0 bridgehead atoms. The summed E-state index contributed by atoms with van der Waals surface area (Å²) in [4.78, 5) is 2.26. The van der Waals surface area contributed by atoms with Crippen molar-refractivity contribution in [3.05, 3.63) is 64.1 Å². The van der Waals surface area contributed by atoms with Crippen LogP contribution in [0.4, 0.5) is 5.69 Å². The molecule has 0 aliphatic rings. The van der Waals surface area contributed by atoms with E-state index in [1.54, 1.807) is 0 Å². The standard InChI is InChI=1S/C17H21BrN2/c1-3-19-12-15-9-10-17(16(18)11-15)20(2)13-14-7-5-4-6-8-14/h4-11,19H,3,12-13H2,1-2H3.